The van der Waals surface area contributed by atoms with Crippen molar-refractivity contribution in [3.05, 3.63) is 24.3 Å². The number of anilines is 2. The van der Waals surface area contributed by atoms with Crippen LogP contribution in [0.3, 0.4) is 0 Å². The third-order valence-electron chi connectivity index (χ3n) is 6.17. The summed E-state index contributed by atoms with van der Waals surface area (Å²) in [6, 6.07) is 7.80. The second-order valence-electron chi connectivity index (χ2n) is 7.70. The summed E-state index contributed by atoms with van der Waals surface area (Å²) in [7, 11) is 0. The molecule has 3 aliphatic rings. The molecule has 3 aliphatic heterocycles. The van der Waals surface area contributed by atoms with Crippen molar-refractivity contribution in [2.24, 2.45) is 0 Å². The summed E-state index contributed by atoms with van der Waals surface area (Å²) < 4.78 is 0. The molecule has 26 heavy (non-hydrogen) atoms. The Morgan fingerprint density at radius 1 is 1.12 bits per heavy atom. The summed E-state index contributed by atoms with van der Waals surface area (Å²) in [6.45, 7) is 5.42. The van der Waals surface area contributed by atoms with E-state index >= 15 is 0 Å². The molecule has 1 atom stereocenters. The topological polar surface area (TPSA) is 64.7 Å². The maximum atomic E-state index is 13.0. The highest BCUT2D eigenvalue weighted by molar-refractivity contribution is 6.06. The first-order valence-corrected chi connectivity index (χ1v) is 9.84. The Labute approximate surface area is 154 Å². The number of carbonyl (C=O) groups excluding carboxylic acids is 2. The van der Waals surface area contributed by atoms with E-state index in [0.717, 1.165) is 30.9 Å². The van der Waals surface area contributed by atoms with Crippen LogP contribution in [0, 0.1) is 0 Å². The van der Waals surface area contributed by atoms with Crippen LogP contribution in [0.2, 0.25) is 0 Å². The zero-order valence-corrected chi connectivity index (χ0v) is 15.5. The molecule has 2 N–H and O–H groups in total. The number of hydrogen-bond acceptors (Lipinski definition) is 4. The van der Waals surface area contributed by atoms with E-state index in [-0.39, 0.29) is 17.9 Å². The molecule has 0 bridgehead atoms. The van der Waals surface area contributed by atoms with Gasteiger partial charge < -0.3 is 15.5 Å². The van der Waals surface area contributed by atoms with E-state index in [9.17, 15) is 9.59 Å². The number of hydrogen-bond donors (Lipinski definition) is 2. The molecule has 0 saturated carbocycles. The van der Waals surface area contributed by atoms with Gasteiger partial charge in [0.1, 0.15) is 5.54 Å². The van der Waals surface area contributed by atoms with Crippen LogP contribution >= 0.6 is 0 Å². The zero-order valence-electron chi connectivity index (χ0n) is 15.5. The molecule has 1 spiro atoms. The first kappa shape index (κ1) is 17.3. The van der Waals surface area contributed by atoms with Crippen molar-refractivity contribution in [3.63, 3.8) is 0 Å². The van der Waals surface area contributed by atoms with Crippen LogP contribution in [-0.4, -0.2) is 59.4 Å². The summed E-state index contributed by atoms with van der Waals surface area (Å²) in [5, 5.41) is 6.49. The molecule has 0 unspecified atom stereocenters. The second kappa shape index (κ2) is 6.91. The van der Waals surface area contributed by atoms with Gasteiger partial charge in [0.2, 0.25) is 11.8 Å². The standard InChI is InChI=1S/C20H28N4O2/c1-2-17(23-11-5-6-12-23)18(25)24-13-9-20(10-14-24)19(26)21-15-7-3-4-8-16(15)22-20/h3-4,7-8,17,22H,2,5-6,9-14H2,1H3,(H,21,26)/t17-/m1/s1. The first-order valence-electron chi connectivity index (χ1n) is 9.84. The van der Waals surface area contributed by atoms with E-state index in [4.69, 9.17) is 0 Å². The van der Waals surface area contributed by atoms with Crippen LogP contribution in [0.5, 0.6) is 0 Å². The van der Waals surface area contributed by atoms with Crippen molar-refractivity contribution in [3.8, 4) is 0 Å². The Hall–Kier alpha value is -2.08. The van der Waals surface area contributed by atoms with E-state index in [0.29, 0.717) is 25.9 Å². The van der Waals surface area contributed by atoms with Gasteiger partial charge in [-0.1, -0.05) is 19.1 Å². The van der Waals surface area contributed by atoms with Gasteiger partial charge in [0.15, 0.2) is 0 Å². The van der Waals surface area contributed by atoms with Gasteiger partial charge >= 0.3 is 0 Å². The Morgan fingerprint density at radius 3 is 2.42 bits per heavy atom. The van der Waals surface area contributed by atoms with Gasteiger partial charge in [-0.25, -0.2) is 0 Å². The molecule has 140 valence electrons. The number of nitrogens with one attached hydrogen (secondary N) is 2. The van der Waals surface area contributed by atoms with Crippen molar-refractivity contribution < 1.29 is 9.59 Å². The predicted octanol–water partition coefficient (Wildman–Crippen LogP) is 2.29. The molecule has 1 aromatic rings. The zero-order chi connectivity index (χ0) is 18.1. The molecular formula is C20H28N4O2. The maximum absolute atomic E-state index is 13.0. The lowest BCUT2D eigenvalue weighted by atomic mass is 9.84. The number of benzene rings is 1. The molecule has 0 aliphatic carbocycles. The molecule has 6 heteroatoms. The van der Waals surface area contributed by atoms with Gasteiger partial charge in [-0.15, -0.1) is 0 Å². The highest BCUT2D eigenvalue weighted by Gasteiger charge is 2.45. The molecule has 4 rings (SSSR count). The largest absolute Gasteiger partial charge is 0.369 e. The molecule has 2 fully saturated rings. The number of nitrogens with zero attached hydrogens (tertiary/aromatic N) is 2. The quantitative estimate of drug-likeness (QED) is 0.872. The van der Waals surface area contributed by atoms with Crippen LogP contribution < -0.4 is 10.6 Å². The fourth-order valence-electron chi connectivity index (χ4n) is 4.57. The Morgan fingerprint density at radius 2 is 1.77 bits per heavy atom. The van der Waals surface area contributed by atoms with E-state index in [1.807, 2.05) is 29.2 Å². The summed E-state index contributed by atoms with van der Waals surface area (Å²) in [6.07, 6.45) is 4.53. The third-order valence-corrected chi connectivity index (χ3v) is 6.17. The summed E-state index contributed by atoms with van der Waals surface area (Å²) in [5.74, 6) is 0.260. The number of fused-ring (bicyclic) bond motifs is 1. The lowest BCUT2D eigenvalue weighted by Gasteiger charge is -2.45. The van der Waals surface area contributed by atoms with Crippen LogP contribution in [0.15, 0.2) is 24.3 Å². The van der Waals surface area contributed by atoms with Gasteiger partial charge in [0, 0.05) is 13.1 Å². The van der Waals surface area contributed by atoms with Gasteiger partial charge in [0.05, 0.1) is 17.4 Å². The van der Waals surface area contributed by atoms with Crippen molar-refractivity contribution in [2.75, 3.05) is 36.8 Å². The van der Waals surface area contributed by atoms with Gasteiger partial charge in [-0.05, 0) is 57.3 Å². The second-order valence-corrected chi connectivity index (χ2v) is 7.70. The number of piperidine rings is 1. The Bertz CT molecular complexity index is 691. The van der Waals surface area contributed by atoms with Crippen molar-refractivity contribution >= 4 is 23.2 Å². The molecule has 0 aromatic heterocycles. The van der Waals surface area contributed by atoms with E-state index < -0.39 is 5.54 Å². The highest BCUT2D eigenvalue weighted by atomic mass is 16.2. The van der Waals surface area contributed by atoms with Crippen LogP contribution in [0.1, 0.15) is 39.0 Å². The highest BCUT2D eigenvalue weighted by Crippen LogP contribution is 2.36. The molecular weight excluding hydrogens is 328 g/mol. The van der Waals surface area contributed by atoms with Crippen molar-refractivity contribution in [2.45, 2.75) is 50.6 Å². The van der Waals surface area contributed by atoms with E-state index in [2.05, 4.69) is 22.5 Å². The predicted molar refractivity (Wildman–Crippen MR) is 102 cm³/mol. The lowest BCUT2D eigenvalue weighted by Crippen LogP contribution is -2.60. The van der Waals surface area contributed by atoms with Crippen molar-refractivity contribution in [1.29, 1.82) is 0 Å². The van der Waals surface area contributed by atoms with Crippen molar-refractivity contribution in [1.82, 2.24) is 9.80 Å². The molecule has 1 aromatic carbocycles. The molecule has 2 amide bonds. The molecule has 6 nitrogen and oxygen atoms in total. The van der Waals surface area contributed by atoms with Crippen LogP contribution in [-0.2, 0) is 9.59 Å². The molecule has 0 radical (unpaired) electrons. The lowest BCUT2D eigenvalue weighted by molar-refractivity contribution is -0.139. The monoisotopic (exact) mass is 356 g/mol. The first-order chi connectivity index (χ1) is 12.6. The fraction of sp³-hybridized carbons (Fsp3) is 0.600. The SMILES string of the molecule is CC[C@H](C(=O)N1CCC2(CC1)Nc1ccccc1NC2=O)N1CCCC1. The van der Waals surface area contributed by atoms with Gasteiger partial charge in [-0.3, -0.25) is 14.5 Å². The van der Waals surface area contributed by atoms with Gasteiger partial charge in [0.25, 0.3) is 0 Å². The smallest absolute Gasteiger partial charge is 0.250 e. The van der Waals surface area contributed by atoms with Crippen LogP contribution in [0.4, 0.5) is 11.4 Å². The summed E-state index contributed by atoms with van der Waals surface area (Å²) in [5.41, 5.74) is 1.21. The number of carbonyl (C=O) groups is 2. The summed E-state index contributed by atoms with van der Waals surface area (Å²) in [4.78, 5) is 30.0. The Kier molecular flexibility index (Phi) is 4.61. The maximum Gasteiger partial charge on any atom is 0.250 e. The minimum Gasteiger partial charge on any atom is -0.369 e. The third kappa shape index (κ3) is 2.96. The normalized spacial score (nSPS) is 23.3. The van der Waals surface area contributed by atoms with E-state index in [1.54, 1.807) is 0 Å². The number of amides is 2. The van der Waals surface area contributed by atoms with Gasteiger partial charge in [-0.2, -0.15) is 0 Å². The fourth-order valence-corrected chi connectivity index (χ4v) is 4.57. The average Bonchev–Trinajstić information content (AvgIpc) is 3.18. The number of likely N-dealkylation sites (tertiary alicyclic amines) is 2. The van der Waals surface area contributed by atoms with E-state index in [1.165, 1.54) is 12.8 Å². The number of rotatable bonds is 3. The molecule has 3 heterocycles. The molecule has 2 saturated heterocycles. The number of para-hydroxylation sites is 2. The van der Waals surface area contributed by atoms with Crippen LogP contribution in [0.25, 0.3) is 0 Å². The summed E-state index contributed by atoms with van der Waals surface area (Å²) >= 11 is 0. The average molecular weight is 356 g/mol. The Balaban J connectivity index is 1.44. The minimum absolute atomic E-state index is 0.000387. The minimum atomic E-state index is -0.597.